The van der Waals surface area contributed by atoms with Crippen molar-refractivity contribution in [1.82, 2.24) is 5.32 Å². The molecule has 0 radical (unpaired) electrons. The standard InChI is InChI=1S/C16H21NO4/c1-9-3-4-13(18)11(7-9)16(19)17-14-10-5-6-21-15(10)12(14)8-20-2/h3-4,7,10,12,14-15,18H,5-6,8H2,1-2H3,(H,17,19)/t10-,12-,14-,15-/m1/s1. The Kier molecular flexibility index (Phi) is 3.87. The fourth-order valence-corrected chi connectivity index (χ4v) is 3.50. The van der Waals surface area contributed by atoms with Gasteiger partial charge in [-0.15, -0.1) is 0 Å². The van der Waals surface area contributed by atoms with E-state index in [2.05, 4.69) is 5.32 Å². The molecule has 5 nitrogen and oxygen atoms in total. The van der Waals surface area contributed by atoms with E-state index < -0.39 is 0 Å². The molecule has 1 aliphatic heterocycles. The van der Waals surface area contributed by atoms with Crippen molar-refractivity contribution >= 4 is 5.91 Å². The number of hydrogen-bond donors (Lipinski definition) is 2. The largest absolute Gasteiger partial charge is 0.507 e. The van der Waals surface area contributed by atoms with E-state index in [9.17, 15) is 9.90 Å². The highest BCUT2D eigenvalue weighted by Gasteiger charge is 2.54. The van der Waals surface area contributed by atoms with Gasteiger partial charge in [-0.3, -0.25) is 4.79 Å². The van der Waals surface area contributed by atoms with Gasteiger partial charge >= 0.3 is 0 Å². The molecule has 1 amide bonds. The first-order chi connectivity index (χ1) is 10.1. The van der Waals surface area contributed by atoms with Gasteiger partial charge in [0, 0.05) is 31.6 Å². The summed E-state index contributed by atoms with van der Waals surface area (Å²) in [5, 5.41) is 12.9. The predicted molar refractivity (Wildman–Crippen MR) is 77.3 cm³/mol. The zero-order valence-electron chi connectivity index (χ0n) is 12.3. The number of aromatic hydroxyl groups is 1. The first kappa shape index (κ1) is 14.4. The van der Waals surface area contributed by atoms with Crippen LogP contribution in [0.3, 0.4) is 0 Å². The van der Waals surface area contributed by atoms with E-state index in [1.807, 2.05) is 6.92 Å². The molecule has 2 aliphatic rings. The van der Waals surface area contributed by atoms with Crippen LogP contribution in [0.25, 0.3) is 0 Å². The summed E-state index contributed by atoms with van der Waals surface area (Å²) in [5.74, 6) is 0.340. The maximum Gasteiger partial charge on any atom is 0.255 e. The number of hydrogen-bond acceptors (Lipinski definition) is 4. The number of phenols is 1. The minimum atomic E-state index is -0.229. The lowest BCUT2D eigenvalue weighted by Gasteiger charge is -2.47. The normalized spacial score (nSPS) is 30.6. The number of benzene rings is 1. The van der Waals surface area contributed by atoms with E-state index in [0.29, 0.717) is 18.1 Å². The zero-order valence-corrected chi connectivity index (χ0v) is 12.3. The van der Waals surface area contributed by atoms with Gasteiger partial charge in [0.25, 0.3) is 5.91 Å². The van der Waals surface area contributed by atoms with Crippen molar-refractivity contribution < 1.29 is 19.4 Å². The van der Waals surface area contributed by atoms with Crippen molar-refractivity contribution in [2.45, 2.75) is 25.5 Å². The first-order valence-electron chi connectivity index (χ1n) is 7.33. The van der Waals surface area contributed by atoms with E-state index in [0.717, 1.165) is 18.6 Å². The molecule has 1 aliphatic carbocycles. The number of rotatable bonds is 4. The second-order valence-corrected chi connectivity index (χ2v) is 5.93. The average molecular weight is 291 g/mol. The molecule has 1 saturated heterocycles. The number of fused-ring (bicyclic) bond motifs is 1. The number of carbonyl (C=O) groups is 1. The van der Waals surface area contributed by atoms with Crippen molar-refractivity contribution in [3.05, 3.63) is 29.3 Å². The van der Waals surface area contributed by atoms with Gasteiger partial charge in [0.05, 0.1) is 18.3 Å². The molecule has 0 aromatic heterocycles. The summed E-state index contributed by atoms with van der Waals surface area (Å²) in [6.45, 7) is 3.22. The second kappa shape index (κ2) is 5.66. The van der Waals surface area contributed by atoms with Crippen molar-refractivity contribution in [2.24, 2.45) is 11.8 Å². The van der Waals surface area contributed by atoms with Gasteiger partial charge in [-0.1, -0.05) is 11.6 Å². The SMILES string of the molecule is COC[C@@H]1[C@H](NC(=O)c2cc(C)ccc2O)[C@H]2CCO[C@H]21. The fraction of sp³-hybridized carbons (Fsp3) is 0.562. The Morgan fingerprint density at radius 2 is 2.33 bits per heavy atom. The van der Waals surface area contributed by atoms with Crippen LogP contribution in [0, 0.1) is 18.8 Å². The molecule has 1 aromatic carbocycles. The molecule has 1 saturated carbocycles. The fourth-order valence-electron chi connectivity index (χ4n) is 3.50. The van der Waals surface area contributed by atoms with Gasteiger partial charge in [-0.2, -0.15) is 0 Å². The van der Waals surface area contributed by atoms with Gasteiger partial charge < -0.3 is 19.9 Å². The van der Waals surface area contributed by atoms with E-state index in [-0.39, 0.29) is 29.7 Å². The maximum absolute atomic E-state index is 12.4. The van der Waals surface area contributed by atoms with Crippen LogP contribution < -0.4 is 5.32 Å². The summed E-state index contributed by atoms with van der Waals surface area (Å²) in [6, 6.07) is 5.10. The Balaban J connectivity index is 1.73. The smallest absolute Gasteiger partial charge is 0.255 e. The van der Waals surface area contributed by atoms with Crippen molar-refractivity contribution in [1.29, 1.82) is 0 Å². The minimum absolute atomic E-state index is 0.0138. The van der Waals surface area contributed by atoms with Crippen LogP contribution in [0.1, 0.15) is 22.3 Å². The van der Waals surface area contributed by atoms with Crippen molar-refractivity contribution in [3.63, 3.8) is 0 Å². The van der Waals surface area contributed by atoms with Crippen molar-refractivity contribution in [2.75, 3.05) is 20.3 Å². The molecule has 1 aromatic rings. The molecular formula is C16H21NO4. The third-order valence-electron chi connectivity index (χ3n) is 4.58. The van der Waals surface area contributed by atoms with Crippen LogP contribution >= 0.6 is 0 Å². The number of nitrogens with one attached hydrogen (secondary N) is 1. The van der Waals surface area contributed by atoms with Crippen molar-refractivity contribution in [3.8, 4) is 5.75 Å². The molecule has 5 heteroatoms. The molecule has 1 heterocycles. The van der Waals surface area contributed by atoms with Gasteiger partial charge in [0.15, 0.2) is 0 Å². The number of carbonyl (C=O) groups excluding carboxylic acids is 1. The van der Waals surface area contributed by atoms with Gasteiger partial charge in [0.2, 0.25) is 0 Å². The molecule has 2 N–H and O–H groups in total. The predicted octanol–water partition coefficient (Wildman–Crippen LogP) is 1.48. The molecule has 21 heavy (non-hydrogen) atoms. The first-order valence-corrected chi connectivity index (χ1v) is 7.33. The van der Waals surface area contributed by atoms with Crippen LogP contribution in [0.15, 0.2) is 18.2 Å². The van der Waals surface area contributed by atoms with E-state index in [4.69, 9.17) is 9.47 Å². The summed E-state index contributed by atoms with van der Waals surface area (Å²) in [5.41, 5.74) is 1.27. The van der Waals surface area contributed by atoms with Crippen LogP contribution in [0.4, 0.5) is 0 Å². The Morgan fingerprint density at radius 3 is 3.10 bits per heavy atom. The molecule has 0 unspecified atom stereocenters. The molecular weight excluding hydrogens is 270 g/mol. The summed E-state index contributed by atoms with van der Waals surface area (Å²) < 4.78 is 10.9. The molecule has 114 valence electrons. The number of methoxy groups -OCH3 is 1. The lowest BCUT2D eigenvalue weighted by Crippen LogP contribution is -2.62. The monoisotopic (exact) mass is 291 g/mol. The van der Waals surface area contributed by atoms with Gasteiger partial charge in [-0.05, 0) is 25.5 Å². The highest BCUT2D eigenvalue weighted by Crippen LogP contribution is 2.43. The zero-order chi connectivity index (χ0) is 15.0. The summed E-state index contributed by atoms with van der Waals surface area (Å²) in [4.78, 5) is 12.4. The molecule has 3 rings (SSSR count). The minimum Gasteiger partial charge on any atom is -0.507 e. The Bertz CT molecular complexity index is 545. The third kappa shape index (κ3) is 2.51. The second-order valence-electron chi connectivity index (χ2n) is 5.93. The lowest BCUT2D eigenvalue weighted by molar-refractivity contribution is -0.0809. The third-order valence-corrected chi connectivity index (χ3v) is 4.58. The Morgan fingerprint density at radius 1 is 1.52 bits per heavy atom. The van der Waals surface area contributed by atoms with Gasteiger partial charge in [-0.25, -0.2) is 0 Å². The quantitative estimate of drug-likeness (QED) is 0.882. The topological polar surface area (TPSA) is 67.8 Å². The van der Waals surface area contributed by atoms with E-state index >= 15 is 0 Å². The summed E-state index contributed by atoms with van der Waals surface area (Å²) >= 11 is 0. The molecule has 0 bridgehead atoms. The number of phenolic OH excluding ortho intramolecular Hbond substituents is 1. The van der Waals surface area contributed by atoms with Crippen LogP contribution in [0.2, 0.25) is 0 Å². The number of ether oxygens (including phenoxy) is 2. The van der Waals surface area contributed by atoms with E-state index in [1.165, 1.54) is 0 Å². The number of aryl methyl sites for hydroxylation is 1. The molecule has 4 atom stereocenters. The lowest BCUT2D eigenvalue weighted by atomic mass is 9.67. The van der Waals surface area contributed by atoms with Crippen LogP contribution in [-0.2, 0) is 9.47 Å². The summed E-state index contributed by atoms with van der Waals surface area (Å²) in [6.07, 6.45) is 1.16. The van der Waals surface area contributed by atoms with Crippen LogP contribution in [0.5, 0.6) is 5.75 Å². The van der Waals surface area contributed by atoms with Crippen LogP contribution in [-0.4, -0.2) is 43.5 Å². The van der Waals surface area contributed by atoms with E-state index in [1.54, 1.807) is 25.3 Å². The molecule has 2 fully saturated rings. The molecule has 0 spiro atoms. The number of amides is 1. The highest BCUT2D eigenvalue weighted by molar-refractivity contribution is 5.97. The highest BCUT2D eigenvalue weighted by atomic mass is 16.5. The Hall–Kier alpha value is -1.59. The average Bonchev–Trinajstić information content (AvgIpc) is 2.89. The Labute approximate surface area is 124 Å². The van der Waals surface area contributed by atoms with Gasteiger partial charge in [0.1, 0.15) is 5.75 Å². The maximum atomic E-state index is 12.4. The summed E-state index contributed by atoms with van der Waals surface area (Å²) in [7, 11) is 1.66.